The standard InChI is InChI=1S/C12H12NO3PS/c1-4-16-17-7-12-13-8-5-9(14-2)10(15-3)6-11(8)18-12/h1,5-6,17H,7H2,2-3H3/i17D. The molecule has 94 valence electrons. The van der Waals surface area contributed by atoms with Crippen molar-refractivity contribution < 1.29 is 14.0 Å². The van der Waals surface area contributed by atoms with Crippen LogP contribution in [-0.2, 0) is 10.7 Å². The largest absolute Gasteiger partial charge is 0.493 e. The number of rotatable bonds is 5. The maximum Gasteiger partial charge on any atom is 0.162 e. The van der Waals surface area contributed by atoms with Crippen molar-refractivity contribution in [1.29, 1.82) is 1.28 Å². The highest BCUT2D eigenvalue weighted by Crippen LogP contribution is 2.35. The molecular weight excluding hydrogens is 269 g/mol. The minimum atomic E-state index is -1.42. The molecular formula is C12H12NO3PS. The second-order valence-corrected chi connectivity index (χ2v) is 5.15. The van der Waals surface area contributed by atoms with Gasteiger partial charge in [-0.3, -0.25) is 0 Å². The molecule has 0 spiro atoms. The second kappa shape index (κ2) is 5.90. The Morgan fingerprint density at radius 2 is 2.17 bits per heavy atom. The average Bonchev–Trinajstić information content (AvgIpc) is 2.78. The summed E-state index contributed by atoms with van der Waals surface area (Å²) in [5, 5.41) is 0.821. The van der Waals surface area contributed by atoms with Crippen LogP contribution in [0.3, 0.4) is 0 Å². The van der Waals surface area contributed by atoms with Crippen LogP contribution in [0.5, 0.6) is 11.5 Å². The van der Waals surface area contributed by atoms with Gasteiger partial charge in [-0.2, -0.15) is 0 Å². The molecule has 1 aromatic heterocycles. The van der Waals surface area contributed by atoms with Gasteiger partial charge >= 0.3 is 0 Å². The van der Waals surface area contributed by atoms with Gasteiger partial charge in [-0.05, 0) is 0 Å². The number of hydrogen-bond donors (Lipinski definition) is 0. The van der Waals surface area contributed by atoms with Crippen molar-refractivity contribution >= 4 is 30.3 Å². The Kier molecular flexibility index (Phi) is 3.80. The highest BCUT2D eigenvalue weighted by atomic mass is 32.1. The van der Waals surface area contributed by atoms with E-state index in [0.29, 0.717) is 17.7 Å². The molecule has 1 unspecified atom stereocenters. The zero-order chi connectivity index (χ0) is 13.8. The van der Waals surface area contributed by atoms with Crippen LogP contribution in [0.1, 0.15) is 5.01 Å². The van der Waals surface area contributed by atoms with E-state index in [9.17, 15) is 0 Å². The highest BCUT2D eigenvalue weighted by molar-refractivity contribution is 7.32. The molecule has 2 aromatic rings. The number of aromatic nitrogens is 1. The van der Waals surface area contributed by atoms with Crippen molar-refractivity contribution in [2.45, 2.75) is 6.16 Å². The van der Waals surface area contributed by atoms with Gasteiger partial charge < -0.3 is 14.0 Å². The Balaban J connectivity index is 2.32. The summed E-state index contributed by atoms with van der Waals surface area (Å²) < 4.78 is 23.9. The average molecular weight is 282 g/mol. The summed E-state index contributed by atoms with van der Waals surface area (Å²) in [7, 11) is 1.76. The van der Waals surface area contributed by atoms with Crippen molar-refractivity contribution in [3.63, 3.8) is 0 Å². The van der Waals surface area contributed by atoms with Gasteiger partial charge in [0.05, 0.1) is 39.4 Å². The molecule has 4 nitrogen and oxygen atoms in total. The topological polar surface area (TPSA) is 40.6 Å². The van der Waals surface area contributed by atoms with Crippen LogP contribution >= 0.6 is 20.1 Å². The number of ether oxygens (including phenoxy) is 2. The minimum absolute atomic E-state index is 0.420. The predicted octanol–water partition coefficient (Wildman–Crippen LogP) is 3.01. The third kappa shape index (κ3) is 2.66. The molecule has 1 atom stereocenters. The summed E-state index contributed by atoms with van der Waals surface area (Å²) in [4.78, 5) is 4.45. The first-order chi connectivity index (χ1) is 9.17. The van der Waals surface area contributed by atoms with Crippen molar-refractivity contribution in [3.8, 4) is 24.0 Å². The van der Waals surface area contributed by atoms with Gasteiger partial charge in [0.1, 0.15) is 12.4 Å². The molecule has 0 aliphatic carbocycles. The van der Waals surface area contributed by atoms with Gasteiger partial charge in [0.2, 0.25) is 0 Å². The fraction of sp³-hybridized carbons (Fsp3) is 0.250. The van der Waals surface area contributed by atoms with E-state index in [2.05, 4.69) is 4.98 Å². The van der Waals surface area contributed by atoms with Crippen molar-refractivity contribution in [2.75, 3.05) is 14.2 Å². The lowest BCUT2D eigenvalue weighted by Crippen LogP contribution is -1.89. The van der Waals surface area contributed by atoms with Gasteiger partial charge in [-0.25, -0.2) is 4.98 Å². The van der Waals surface area contributed by atoms with E-state index in [1.165, 1.54) is 11.3 Å². The summed E-state index contributed by atoms with van der Waals surface area (Å²) in [5.74, 6) is 1.30. The first-order valence-electron chi connectivity index (χ1n) is 5.53. The molecule has 0 fully saturated rings. The lowest BCUT2D eigenvalue weighted by molar-refractivity contribution is 0.356. The van der Waals surface area contributed by atoms with E-state index in [-0.39, 0.29) is 0 Å². The third-order valence-corrected chi connectivity index (χ3v) is 4.15. The summed E-state index contributed by atoms with van der Waals surface area (Å²) >= 11 is 1.50. The monoisotopic (exact) mass is 282 g/mol. The van der Waals surface area contributed by atoms with E-state index in [1.807, 2.05) is 18.2 Å². The SMILES string of the molecule is [2H]P(Cc1nc2cc(OC)c(OC)cc2s1)OC#C. The summed E-state index contributed by atoms with van der Waals surface area (Å²) in [6.07, 6.45) is 7.46. The fourth-order valence-electron chi connectivity index (χ4n) is 1.50. The van der Waals surface area contributed by atoms with Gasteiger partial charge in [-0.1, -0.05) is 6.42 Å². The third-order valence-electron chi connectivity index (χ3n) is 2.26. The molecule has 6 heteroatoms. The fourth-order valence-corrected chi connectivity index (χ4v) is 3.00. The van der Waals surface area contributed by atoms with E-state index in [4.69, 9.17) is 21.7 Å². The minimum Gasteiger partial charge on any atom is -0.493 e. The Morgan fingerprint density at radius 1 is 1.44 bits per heavy atom. The summed E-state index contributed by atoms with van der Waals surface area (Å²) in [6.45, 7) is 0. The van der Waals surface area contributed by atoms with Crippen LogP contribution in [0, 0.1) is 12.5 Å². The van der Waals surface area contributed by atoms with E-state index >= 15 is 0 Å². The molecule has 0 bridgehead atoms. The molecule has 1 aromatic carbocycles. The van der Waals surface area contributed by atoms with Crippen molar-refractivity contribution in [2.24, 2.45) is 0 Å². The zero-order valence-electron chi connectivity index (χ0n) is 11.0. The number of thiazole rings is 1. The Labute approximate surface area is 112 Å². The van der Waals surface area contributed by atoms with E-state index in [0.717, 1.165) is 15.2 Å². The van der Waals surface area contributed by atoms with Crippen LogP contribution in [0.4, 0.5) is 0 Å². The quantitative estimate of drug-likeness (QED) is 0.624. The number of benzene rings is 1. The van der Waals surface area contributed by atoms with Crippen LogP contribution in [0.2, 0.25) is 0 Å². The smallest absolute Gasteiger partial charge is 0.162 e. The van der Waals surface area contributed by atoms with Crippen LogP contribution in [-0.4, -0.2) is 20.5 Å². The summed E-state index contributed by atoms with van der Waals surface area (Å²) in [5.41, 5.74) is 0.821. The van der Waals surface area contributed by atoms with Crippen LogP contribution in [0.15, 0.2) is 12.1 Å². The molecule has 0 N–H and O–H groups in total. The number of terminal acetylenes is 1. The maximum atomic E-state index is 7.66. The molecule has 18 heavy (non-hydrogen) atoms. The number of fused-ring (bicyclic) bond motifs is 1. The van der Waals surface area contributed by atoms with E-state index < -0.39 is 8.75 Å². The number of hydrogen-bond acceptors (Lipinski definition) is 5. The predicted molar refractivity (Wildman–Crippen MR) is 74.7 cm³/mol. The molecule has 0 saturated heterocycles. The Bertz CT molecular complexity index is 584. The highest BCUT2D eigenvalue weighted by Gasteiger charge is 2.10. The van der Waals surface area contributed by atoms with Gasteiger partial charge in [0.25, 0.3) is 0 Å². The lowest BCUT2D eigenvalue weighted by Gasteiger charge is -2.05. The normalized spacial score (nSPS) is 12.6. The van der Waals surface area contributed by atoms with Gasteiger partial charge in [0.15, 0.2) is 11.5 Å². The zero-order valence-corrected chi connectivity index (χ0v) is 11.7. The van der Waals surface area contributed by atoms with Gasteiger partial charge in [0, 0.05) is 12.1 Å². The first kappa shape index (κ1) is 11.6. The molecule has 0 radical (unpaired) electrons. The second-order valence-electron chi connectivity index (χ2n) is 3.28. The Hall–Kier alpha value is -1.50. The van der Waals surface area contributed by atoms with Crippen molar-refractivity contribution in [3.05, 3.63) is 17.1 Å². The molecule has 0 aliphatic heterocycles. The maximum absolute atomic E-state index is 7.66. The molecule has 0 amide bonds. The Morgan fingerprint density at radius 3 is 2.83 bits per heavy atom. The summed E-state index contributed by atoms with van der Waals surface area (Å²) in [6, 6.07) is 3.70. The molecule has 1 heterocycles. The number of nitrogens with zero attached hydrogens (tertiary/aromatic N) is 1. The molecule has 2 rings (SSSR count). The van der Waals surface area contributed by atoms with Crippen LogP contribution in [0.25, 0.3) is 10.2 Å². The lowest BCUT2D eigenvalue weighted by atomic mass is 10.3. The molecule has 0 saturated carbocycles. The first-order valence-corrected chi connectivity index (χ1v) is 6.89. The van der Waals surface area contributed by atoms with Crippen LogP contribution < -0.4 is 9.47 Å². The van der Waals surface area contributed by atoms with Crippen molar-refractivity contribution in [1.82, 2.24) is 4.98 Å². The molecule has 0 aliphatic rings. The number of methoxy groups -OCH3 is 2. The van der Waals surface area contributed by atoms with E-state index in [1.54, 1.807) is 14.2 Å². The van der Waals surface area contributed by atoms with Gasteiger partial charge in [-0.15, -0.1) is 11.3 Å².